The number of carbonyl (C=O) groups excluding carboxylic acids is 2. The number of hydrogen-bond donors (Lipinski definition) is 4. The minimum Gasteiger partial charge on any atom is -0.480 e. The molecule has 9 nitrogen and oxygen atoms in total. The lowest BCUT2D eigenvalue weighted by atomic mass is 9.98. The van der Waals surface area contributed by atoms with Crippen LogP contribution < -0.4 is 10.6 Å². The number of carboxylic acids is 1. The van der Waals surface area contributed by atoms with Crippen LogP contribution >= 0.6 is 0 Å². The summed E-state index contributed by atoms with van der Waals surface area (Å²) in [6, 6.07) is 14.9. The summed E-state index contributed by atoms with van der Waals surface area (Å²) >= 11 is 0. The molecule has 0 aromatic heterocycles. The zero-order valence-electron chi connectivity index (χ0n) is 18.6. The van der Waals surface area contributed by atoms with Gasteiger partial charge in [0.05, 0.1) is 0 Å². The normalized spacial score (nSPS) is 19.7. The minimum absolute atomic E-state index is 0.0500. The SMILES string of the molecule is O=C(NC[C@H]1CCO[C@H]1C(=O)N[C@H](CCO)C(=O)O)OCC1c2ccccc2-c2ccccc21. The maximum Gasteiger partial charge on any atom is 0.407 e. The van der Waals surface area contributed by atoms with Crippen LogP contribution in [0.15, 0.2) is 48.5 Å². The maximum atomic E-state index is 12.5. The van der Waals surface area contributed by atoms with E-state index in [9.17, 15) is 14.4 Å². The minimum atomic E-state index is -1.23. The Balaban J connectivity index is 1.30. The summed E-state index contributed by atoms with van der Waals surface area (Å²) in [5.41, 5.74) is 4.52. The molecular weight excluding hydrogens is 440 g/mol. The first-order valence-electron chi connectivity index (χ1n) is 11.3. The quantitative estimate of drug-likeness (QED) is 0.441. The molecule has 2 aliphatic rings. The van der Waals surface area contributed by atoms with Gasteiger partial charge in [-0.2, -0.15) is 0 Å². The number of nitrogens with one attached hydrogen (secondary N) is 2. The van der Waals surface area contributed by atoms with Crippen molar-refractivity contribution in [1.29, 1.82) is 0 Å². The monoisotopic (exact) mass is 468 g/mol. The van der Waals surface area contributed by atoms with Gasteiger partial charge in [-0.25, -0.2) is 9.59 Å². The van der Waals surface area contributed by atoms with E-state index in [0.29, 0.717) is 13.0 Å². The summed E-state index contributed by atoms with van der Waals surface area (Å²) in [6.07, 6.45) is -1.03. The molecule has 4 N–H and O–H groups in total. The molecule has 0 bridgehead atoms. The van der Waals surface area contributed by atoms with Crippen LogP contribution in [-0.2, 0) is 19.1 Å². The van der Waals surface area contributed by atoms with E-state index in [1.54, 1.807) is 0 Å². The summed E-state index contributed by atoms with van der Waals surface area (Å²) in [5.74, 6) is -2.17. The molecule has 2 aromatic rings. The third kappa shape index (κ3) is 5.05. The highest BCUT2D eigenvalue weighted by atomic mass is 16.5. The largest absolute Gasteiger partial charge is 0.480 e. The molecule has 2 aromatic carbocycles. The van der Waals surface area contributed by atoms with Crippen LogP contribution in [-0.4, -0.2) is 66.7 Å². The van der Waals surface area contributed by atoms with Gasteiger partial charge in [-0.1, -0.05) is 48.5 Å². The van der Waals surface area contributed by atoms with E-state index < -0.39 is 30.1 Å². The van der Waals surface area contributed by atoms with Gasteiger partial charge in [-0.15, -0.1) is 0 Å². The Morgan fingerprint density at radius 1 is 1.06 bits per heavy atom. The smallest absolute Gasteiger partial charge is 0.407 e. The Morgan fingerprint density at radius 2 is 1.71 bits per heavy atom. The molecule has 3 atom stereocenters. The number of hydrogen-bond acceptors (Lipinski definition) is 6. The summed E-state index contributed by atoms with van der Waals surface area (Å²) < 4.78 is 11.0. The van der Waals surface area contributed by atoms with Crippen LogP contribution in [0.5, 0.6) is 0 Å². The molecule has 1 aliphatic carbocycles. The van der Waals surface area contributed by atoms with Crippen molar-refractivity contribution in [2.24, 2.45) is 5.92 Å². The zero-order valence-corrected chi connectivity index (χ0v) is 18.6. The highest BCUT2D eigenvalue weighted by molar-refractivity contribution is 5.86. The number of aliphatic carboxylic acids is 1. The molecule has 1 fully saturated rings. The number of carbonyl (C=O) groups is 3. The first-order valence-corrected chi connectivity index (χ1v) is 11.3. The van der Waals surface area contributed by atoms with Gasteiger partial charge in [-0.05, 0) is 28.7 Å². The molecule has 1 aliphatic heterocycles. The van der Waals surface area contributed by atoms with Crippen molar-refractivity contribution in [1.82, 2.24) is 10.6 Å². The van der Waals surface area contributed by atoms with Crippen LogP contribution in [0.1, 0.15) is 29.9 Å². The Bertz CT molecular complexity index is 1010. The fourth-order valence-electron chi connectivity index (χ4n) is 4.64. The summed E-state index contributed by atoms with van der Waals surface area (Å²) in [4.78, 5) is 36.2. The molecule has 0 unspecified atom stereocenters. The molecule has 34 heavy (non-hydrogen) atoms. The highest BCUT2D eigenvalue weighted by Gasteiger charge is 2.36. The zero-order chi connectivity index (χ0) is 24.1. The first kappa shape index (κ1) is 23.7. The number of aliphatic hydroxyl groups excluding tert-OH is 1. The average Bonchev–Trinajstić information content (AvgIpc) is 3.44. The van der Waals surface area contributed by atoms with E-state index in [0.717, 1.165) is 22.3 Å². The van der Waals surface area contributed by atoms with E-state index in [1.165, 1.54) is 0 Å². The first-order chi connectivity index (χ1) is 16.5. The van der Waals surface area contributed by atoms with Crippen molar-refractivity contribution in [2.75, 3.05) is 26.4 Å². The molecule has 1 saturated heterocycles. The lowest BCUT2D eigenvalue weighted by Gasteiger charge is -2.21. The predicted octanol–water partition coefficient (Wildman–Crippen LogP) is 1.88. The number of benzene rings is 2. The van der Waals surface area contributed by atoms with Crippen molar-refractivity contribution in [3.63, 3.8) is 0 Å². The lowest BCUT2D eigenvalue weighted by Crippen LogP contribution is -2.48. The second-order valence-electron chi connectivity index (χ2n) is 8.46. The van der Waals surface area contributed by atoms with Gasteiger partial charge < -0.3 is 30.3 Å². The van der Waals surface area contributed by atoms with Crippen LogP contribution in [0.4, 0.5) is 4.79 Å². The molecular formula is C25H28N2O7. The van der Waals surface area contributed by atoms with Gasteiger partial charge in [0.2, 0.25) is 5.91 Å². The van der Waals surface area contributed by atoms with Crippen LogP contribution in [0.2, 0.25) is 0 Å². The third-order valence-electron chi connectivity index (χ3n) is 6.36. The molecule has 9 heteroatoms. The molecule has 0 saturated carbocycles. The second kappa shape index (κ2) is 10.7. The number of fused-ring (bicyclic) bond motifs is 3. The van der Waals surface area contributed by atoms with Crippen LogP contribution in [0, 0.1) is 5.92 Å². The Labute approximate surface area is 197 Å². The number of ether oxygens (including phenoxy) is 2. The van der Waals surface area contributed by atoms with Gasteiger partial charge >= 0.3 is 12.1 Å². The summed E-state index contributed by atoms with van der Waals surface area (Å²) in [7, 11) is 0. The van der Waals surface area contributed by atoms with Gasteiger partial charge in [0.1, 0.15) is 18.8 Å². The van der Waals surface area contributed by atoms with Gasteiger partial charge in [0, 0.05) is 38.0 Å². The van der Waals surface area contributed by atoms with Gasteiger partial charge in [0.25, 0.3) is 0 Å². The second-order valence-corrected chi connectivity index (χ2v) is 8.46. The fraction of sp³-hybridized carbons (Fsp3) is 0.400. The topological polar surface area (TPSA) is 134 Å². The van der Waals surface area contributed by atoms with E-state index in [4.69, 9.17) is 19.7 Å². The number of carboxylic acid groups (broad SMARTS) is 1. The van der Waals surface area contributed by atoms with Crippen LogP contribution in [0.3, 0.4) is 0 Å². The maximum absolute atomic E-state index is 12.5. The standard InChI is InChI=1S/C25H28N2O7/c28-11-9-21(24(30)31)27-23(29)22-15(10-12-33-22)13-26-25(32)34-14-20-18-7-3-1-5-16(18)17-6-2-4-8-19(17)20/h1-8,15,20-22,28H,9-14H2,(H,26,32)(H,27,29)(H,30,31)/t15-,21-,22-/m1/s1. The molecule has 180 valence electrons. The fourth-order valence-corrected chi connectivity index (χ4v) is 4.64. The van der Waals surface area contributed by atoms with E-state index in [1.807, 2.05) is 36.4 Å². The van der Waals surface area contributed by atoms with E-state index in [-0.39, 0.29) is 38.0 Å². The van der Waals surface area contributed by atoms with Crippen molar-refractivity contribution >= 4 is 18.0 Å². The van der Waals surface area contributed by atoms with Crippen LogP contribution in [0.25, 0.3) is 11.1 Å². The van der Waals surface area contributed by atoms with Gasteiger partial charge in [-0.3, -0.25) is 4.79 Å². The molecule has 4 rings (SSSR count). The van der Waals surface area contributed by atoms with Gasteiger partial charge in [0.15, 0.2) is 0 Å². The Kier molecular flexibility index (Phi) is 7.44. The molecule has 1 heterocycles. The third-order valence-corrected chi connectivity index (χ3v) is 6.36. The molecule has 0 spiro atoms. The summed E-state index contributed by atoms with van der Waals surface area (Å²) in [6.45, 7) is 0.307. The molecule has 2 amide bonds. The van der Waals surface area contributed by atoms with E-state index in [2.05, 4.69) is 22.8 Å². The molecule has 0 radical (unpaired) electrons. The van der Waals surface area contributed by atoms with Crippen molar-refractivity contribution in [2.45, 2.75) is 30.9 Å². The van der Waals surface area contributed by atoms with Crippen molar-refractivity contribution in [3.05, 3.63) is 59.7 Å². The lowest BCUT2D eigenvalue weighted by molar-refractivity contribution is -0.144. The number of rotatable bonds is 9. The van der Waals surface area contributed by atoms with Crippen molar-refractivity contribution in [3.8, 4) is 11.1 Å². The Hall–Kier alpha value is -3.43. The number of alkyl carbamates (subject to hydrolysis) is 1. The number of amides is 2. The van der Waals surface area contributed by atoms with E-state index >= 15 is 0 Å². The summed E-state index contributed by atoms with van der Waals surface area (Å²) in [5, 5.41) is 23.3. The number of aliphatic hydroxyl groups is 1. The van der Waals surface area contributed by atoms with Crippen molar-refractivity contribution < 1.29 is 34.1 Å². The highest BCUT2D eigenvalue weighted by Crippen LogP contribution is 2.44. The predicted molar refractivity (Wildman–Crippen MR) is 122 cm³/mol. The average molecular weight is 469 g/mol. The Morgan fingerprint density at radius 3 is 2.32 bits per heavy atom.